The van der Waals surface area contributed by atoms with Crippen molar-refractivity contribution >= 4 is 22.6 Å². The SMILES string of the molecule is CCSC1=CCC(C)(C)c2cc(C#Cc3ccc(C(=O)O)cc3)ccc21. The lowest BCUT2D eigenvalue weighted by Crippen LogP contribution is -2.21. The molecule has 0 aliphatic heterocycles. The van der Waals surface area contributed by atoms with E-state index in [0.29, 0.717) is 0 Å². The Bertz CT molecular complexity index is 925. The molecule has 0 heterocycles. The lowest BCUT2D eigenvalue weighted by Gasteiger charge is -2.32. The summed E-state index contributed by atoms with van der Waals surface area (Å²) >= 11 is 1.89. The van der Waals surface area contributed by atoms with Gasteiger partial charge in [-0.2, -0.15) is 0 Å². The van der Waals surface area contributed by atoms with Crippen LogP contribution in [0.4, 0.5) is 0 Å². The summed E-state index contributed by atoms with van der Waals surface area (Å²) in [5.74, 6) is 6.50. The zero-order chi connectivity index (χ0) is 18.7. The number of benzene rings is 2. The minimum Gasteiger partial charge on any atom is -0.478 e. The number of carboxylic acids is 1. The van der Waals surface area contributed by atoms with Crippen LogP contribution in [-0.2, 0) is 5.41 Å². The zero-order valence-corrected chi connectivity index (χ0v) is 16.1. The van der Waals surface area contributed by atoms with Crippen LogP contribution < -0.4 is 0 Å². The van der Waals surface area contributed by atoms with E-state index in [1.807, 2.05) is 11.8 Å². The highest BCUT2D eigenvalue weighted by Crippen LogP contribution is 2.43. The van der Waals surface area contributed by atoms with Crippen LogP contribution in [0.25, 0.3) is 4.91 Å². The third-order valence-electron chi connectivity index (χ3n) is 4.59. The highest BCUT2D eigenvalue weighted by atomic mass is 32.2. The van der Waals surface area contributed by atoms with Crippen molar-refractivity contribution in [2.24, 2.45) is 0 Å². The summed E-state index contributed by atoms with van der Waals surface area (Å²) in [6, 6.07) is 13.1. The third kappa shape index (κ3) is 3.86. The predicted molar refractivity (Wildman–Crippen MR) is 110 cm³/mol. The Balaban J connectivity index is 1.92. The van der Waals surface area contributed by atoms with Crippen LogP contribution in [0.1, 0.15) is 59.8 Å². The molecule has 1 aliphatic carbocycles. The summed E-state index contributed by atoms with van der Waals surface area (Å²) in [6.45, 7) is 6.73. The summed E-state index contributed by atoms with van der Waals surface area (Å²) in [7, 11) is 0. The van der Waals surface area contributed by atoms with Crippen molar-refractivity contribution < 1.29 is 9.90 Å². The Morgan fingerprint density at radius 1 is 1.12 bits per heavy atom. The molecule has 0 bridgehead atoms. The number of rotatable bonds is 3. The molecule has 2 nitrogen and oxygen atoms in total. The molecule has 0 saturated heterocycles. The average molecular weight is 362 g/mol. The Morgan fingerprint density at radius 3 is 2.42 bits per heavy atom. The molecule has 1 aliphatic rings. The number of fused-ring (bicyclic) bond motifs is 1. The van der Waals surface area contributed by atoms with Crippen LogP contribution in [0, 0.1) is 11.8 Å². The molecular formula is C23H22O2S. The van der Waals surface area contributed by atoms with E-state index in [9.17, 15) is 4.79 Å². The second-order valence-corrected chi connectivity index (χ2v) is 8.29. The monoisotopic (exact) mass is 362 g/mol. The van der Waals surface area contributed by atoms with E-state index < -0.39 is 5.97 Å². The Hall–Kier alpha value is -2.44. The van der Waals surface area contributed by atoms with Crippen molar-refractivity contribution in [3.63, 3.8) is 0 Å². The first-order valence-corrected chi connectivity index (χ1v) is 9.72. The summed E-state index contributed by atoms with van der Waals surface area (Å²) in [5, 5.41) is 8.96. The molecule has 2 aromatic carbocycles. The van der Waals surface area contributed by atoms with E-state index in [4.69, 9.17) is 5.11 Å². The molecule has 0 spiro atoms. The number of thioether (sulfide) groups is 1. The molecule has 0 unspecified atom stereocenters. The van der Waals surface area contributed by atoms with E-state index in [-0.39, 0.29) is 11.0 Å². The molecule has 0 atom stereocenters. The second-order valence-electron chi connectivity index (χ2n) is 6.98. The van der Waals surface area contributed by atoms with Gasteiger partial charge in [0.25, 0.3) is 0 Å². The van der Waals surface area contributed by atoms with Gasteiger partial charge in [0.15, 0.2) is 0 Å². The molecule has 3 rings (SSSR count). The Kier molecular flexibility index (Phi) is 5.25. The summed E-state index contributed by atoms with van der Waals surface area (Å²) in [4.78, 5) is 12.3. The van der Waals surface area contributed by atoms with Gasteiger partial charge in [0.05, 0.1) is 5.56 Å². The van der Waals surface area contributed by atoms with Crippen molar-refractivity contribution in [1.29, 1.82) is 0 Å². The smallest absolute Gasteiger partial charge is 0.335 e. The van der Waals surface area contributed by atoms with Gasteiger partial charge >= 0.3 is 5.97 Å². The second kappa shape index (κ2) is 7.43. The molecule has 1 N–H and O–H groups in total. The van der Waals surface area contributed by atoms with Crippen LogP contribution in [0.3, 0.4) is 0 Å². The molecule has 0 aromatic heterocycles. The van der Waals surface area contributed by atoms with Gasteiger partial charge in [-0.3, -0.25) is 0 Å². The first-order chi connectivity index (χ1) is 12.4. The summed E-state index contributed by atoms with van der Waals surface area (Å²) in [6.07, 6.45) is 3.39. The average Bonchev–Trinajstić information content (AvgIpc) is 2.63. The summed E-state index contributed by atoms with van der Waals surface area (Å²) in [5.41, 5.74) is 4.86. The largest absolute Gasteiger partial charge is 0.478 e. The highest BCUT2D eigenvalue weighted by Gasteiger charge is 2.28. The van der Waals surface area contributed by atoms with E-state index >= 15 is 0 Å². The van der Waals surface area contributed by atoms with E-state index in [1.165, 1.54) is 16.0 Å². The number of aromatic carboxylic acids is 1. The van der Waals surface area contributed by atoms with Gasteiger partial charge in [-0.15, -0.1) is 11.8 Å². The third-order valence-corrected chi connectivity index (χ3v) is 5.58. The number of carboxylic acid groups (broad SMARTS) is 1. The van der Waals surface area contributed by atoms with Crippen molar-refractivity contribution in [3.8, 4) is 11.8 Å². The fourth-order valence-corrected chi connectivity index (χ4v) is 3.94. The zero-order valence-electron chi connectivity index (χ0n) is 15.3. The van der Waals surface area contributed by atoms with E-state index in [2.05, 4.69) is 56.9 Å². The van der Waals surface area contributed by atoms with Crippen LogP contribution in [0.5, 0.6) is 0 Å². The maximum Gasteiger partial charge on any atom is 0.335 e. The first kappa shape index (κ1) is 18.4. The number of hydrogen-bond donors (Lipinski definition) is 1. The molecule has 0 amide bonds. The highest BCUT2D eigenvalue weighted by molar-refractivity contribution is 8.08. The van der Waals surface area contributed by atoms with Gasteiger partial charge < -0.3 is 5.11 Å². The number of hydrogen-bond acceptors (Lipinski definition) is 2. The van der Waals surface area contributed by atoms with Crippen LogP contribution >= 0.6 is 11.8 Å². The van der Waals surface area contributed by atoms with Crippen LogP contribution in [-0.4, -0.2) is 16.8 Å². The van der Waals surface area contributed by atoms with Crippen molar-refractivity contribution in [1.82, 2.24) is 0 Å². The van der Waals surface area contributed by atoms with E-state index in [0.717, 1.165) is 23.3 Å². The molecule has 132 valence electrons. The van der Waals surface area contributed by atoms with Gasteiger partial charge in [0.1, 0.15) is 0 Å². The lowest BCUT2D eigenvalue weighted by molar-refractivity contribution is 0.0697. The molecule has 0 radical (unpaired) electrons. The molecule has 26 heavy (non-hydrogen) atoms. The molecule has 0 fully saturated rings. The molecule has 2 aromatic rings. The molecule has 3 heteroatoms. The van der Waals surface area contributed by atoms with Crippen molar-refractivity contribution in [3.05, 3.63) is 76.4 Å². The molecular weight excluding hydrogens is 340 g/mol. The fourth-order valence-electron chi connectivity index (χ4n) is 3.10. The van der Waals surface area contributed by atoms with Gasteiger partial charge in [0.2, 0.25) is 0 Å². The maximum absolute atomic E-state index is 10.9. The predicted octanol–water partition coefficient (Wildman–Crippen LogP) is 5.56. The standard InChI is InChI=1S/C23H22O2S/c1-4-26-21-13-14-23(2,3)20-15-17(9-12-19(20)21)6-5-16-7-10-18(11-8-16)22(24)25/h7-13,15H,4,14H2,1-3H3,(H,24,25). The van der Waals surface area contributed by atoms with Crippen LogP contribution in [0.2, 0.25) is 0 Å². The van der Waals surface area contributed by atoms with Gasteiger partial charge in [-0.1, -0.05) is 44.8 Å². The van der Waals surface area contributed by atoms with Crippen molar-refractivity contribution in [2.45, 2.75) is 32.6 Å². The number of carbonyl (C=O) groups is 1. The van der Waals surface area contributed by atoms with E-state index in [1.54, 1.807) is 24.3 Å². The maximum atomic E-state index is 10.9. The number of allylic oxidation sites excluding steroid dienone is 1. The fraction of sp³-hybridized carbons (Fsp3) is 0.261. The molecule has 0 saturated carbocycles. The lowest BCUT2D eigenvalue weighted by atomic mass is 9.75. The van der Waals surface area contributed by atoms with Gasteiger partial charge in [-0.25, -0.2) is 4.79 Å². The Labute approximate surface area is 159 Å². The quantitative estimate of drug-likeness (QED) is 0.726. The topological polar surface area (TPSA) is 37.3 Å². The summed E-state index contributed by atoms with van der Waals surface area (Å²) < 4.78 is 0. The van der Waals surface area contributed by atoms with Gasteiger partial charge in [-0.05, 0) is 65.1 Å². The minimum atomic E-state index is -0.921. The van der Waals surface area contributed by atoms with Crippen LogP contribution in [0.15, 0.2) is 48.5 Å². The van der Waals surface area contributed by atoms with Gasteiger partial charge in [0, 0.05) is 16.0 Å². The minimum absolute atomic E-state index is 0.105. The first-order valence-electron chi connectivity index (χ1n) is 8.74. The Morgan fingerprint density at radius 2 is 1.77 bits per heavy atom. The normalized spacial score (nSPS) is 14.7. The van der Waals surface area contributed by atoms with Crippen molar-refractivity contribution in [2.75, 3.05) is 5.75 Å².